The van der Waals surface area contributed by atoms with Crippen LogP contribution in [0, 0.1) is 17.8 Å². The normalized spacial score (nSPS) is 25.3. The summed E-state index contributed by atoms with van der Waals surface area (Å²) < 4.78 is 1.95. The van der Waals surface area contributed by atoms with Crippen LogP contribution in [-0.4, -0.2) is 17.4 Å². The van der Waals surface area contributed by atoms with Crippen molar-refractivity contribution >= 4 is 29.2 Å². The van der Waals surface area contributed by atoms with Crippen LogP contribution in [0.2, 0.25) is 5.02 Å². The maximum atomic E-state index is 6.03. The smallest absolute Gasteiger partial charge is 0.206 e. The zero-order valence-corrected chi connectivity index (χ0v) is 15.5. The highest BCUT2D eigenvalue weighted by Crippen LogP contribution is 2.42. The molecule has 2 aliphatic rings. The van der Waals surface area contributed by atoms with E-state index in [4.69, 9.17) is 16.7 Å². The average Bonchev–Trinajstić information content (AvgIpc) is 3.34. The number of fused-ring (bicyclic) bond motifs is 2. The van der Waals surface area contributed by atoms with Crippen molar-refractivity contribution in [3.05, 3.63) is 64.3 Å². The number of hydrogen-bond acceptors (Lipinski definition) is 3. The molecule has 128 valence electrons. The van der Waals surface area contributed by atoms with E-state index < -0.39 is 0 Å². The van der Waals surface area contributed by atoms with Crippen LogP contribution in [0.15, 0.2) is 64.5 Å². The third kappa shape index (κ3) is 3.42. The third-order valence-corrected chi connectivity index (χ3v) is 5.99. The van der Waals surface area contributed by atoms with Crippen LogP contribution in [0.1, 0.15) is 12.8 Å². The van der Waals surface area contributed by atoms with Crippen molar-refractivity contribution in [3.8, 4) is 11.3 Å². The highest BCUT2D eigenvalue weighted by molar-refractivity contribution is 7.07. The number of rotatable bonds is 5. The Morgan fingerprint density at radius 3 is 2.76 bits per heavy atom. The summed E-state index contributed by atoms with van der Waals surface area (Å²) in [5.74, 6) is 1.93. The molecule has 25 heavy (non-hydrogen) atoms. The Hall–Kier alpha value is -1.91. The van der Waals surface area contributed by atoms with E-state index in [2.05, 4.69) is 35.3 Å². The fourth-order valence-electron chi connectivity index (χ4n) is 3.63. The zero-order chi connectivity index (χ0) is 17.2. The summed E-state index contributed by atoms with van der Waals surface area (Å²) in [6, 6.07) is 7.86. The number of allylic oxidation sites excluding steroid dienone is 2. The van der Waals surface area contributed by atoms with Crippen molar-refractivity contribution in [1.82, 2.24) is 4.68 Å². The van der Waals surface area contributed by atoms with E-state index >= 15 is 0 Å². The Morgan fingerprint density at radius 2 is 2.08 bits per heavy atom. The number of halogens is 1. The molecule has 0 spiro atoms. The lowest BCUT2D eigenvalue weighted by atomic mass is 9.95. The Bertz CT molecular complexity index is 888. The first-order valence-electron chi connectivity index (χ1n) is 8.55. The van der Waals surface area contributed by atoms with Gasteiger partial charge in [-0.3, -0.25) is 4.99 Å². The van der Waals surface area contributed by atoms with Gasteiger partial charge in [0.1, 0.15) is 0 Å². The predicted molar refractivity (Wildman–Crippen MR) is 106 cm³/mol. The zero-order valence-electron chi connectivity index (χ0n) is 13.9. The highest BCUT2D eigenvalue weighted by Gasteiger charge is 2.34. The van der Waals surface area contributed by atoms with Gasteiger partial charge < -0.3 is 0 Å². The van der Waals surface area contributed by atoms with E-state index in [1.807, 2.05) is 28.9 Å². The molecule has 1 saturated carbocycles. The number of benzene rings is 1. The van der Waals surface area contributed by atoms with Crippen LogP contribution >= 0.6 is 22.9 Å². The summed E-state index contributed by atoms with van der Waals surface area (Å²) in [4.78, 5) is 5.48. The Morgan fingerprint density at radius 1 is 1.24 bits per heavy atom. The maximum absolute atomic E-state index is 6.03. The summed E-state index contributed by atoms with van der Waals surface area (Å²) in [6.07, 6.45) is 11.1. The van der Waals surface area contributed by atoms with E-state index in [0.717, 1.165) is 27.0 Å². The van der Waals surface area contributed by atoms with Crippen LogP contribution < -0.4 is 4.80 Å². The molecule has 0 aliphatic heterocycles. The molecule has 5 heteroatoms. The van der Waals surface area contributed by atoms with Gasteiger partial charge in [0.15, 0.2) is 0 Å². The minimum atomic E-state index is 0.535. The van der Waals surface area contributed by atoms with Crippen LogP contribution in [0.4, 0.5) is 0 Å². The van der Waals surface area contributed by atoms with Crippen molar-refractivity contribution in [1.29, 1.82) is 0 Å². The first-order chi connectivity index (χ1) is 12.2. The Kier molecular flexibility index (Phi) is 4.73. The molecule has 0 N–H and O–H groups in total. The Labute approximate surface area is 156 Å². The molecule has 3 unspecified atom stereocenters. The first-order valence-corrected chi connectivity index (χ1v) is 9.81. The van der Waals surface area contributed by atoms with Gasteiger partial charge in [0.25, 0.3) is 0 Å². The standard InChI is InChI=1S/C20H20ClN3S/c1-2-9-22-20-24(23-12-17-11-14-3-4-16(17)10-14)19(13-25-20)15-5-7-18(21)8-6-15/h2-8,12-14,16-17H,1,9-11H2. The van der Waals surface area contributed by atoms with Crippen LogP contribution in [-0.2, 0) is 0 Å². The van der Waals surface area contributed by atoms with E-state index in [-0.39, 0.29) is 0 Å². The summed E-state index contributed by atoms with van der Waals surface area (Å²) in [6.45, 7) is 4.35. The largest absolute Gasteiger partial charge is 0.253 e. The molecule has 2 aliphatic carbocycles. The monoisotopic (exact) mass is 369 g/mol. The van der Waals surface area contributed by atoms with Gasteiger partial charge in [0.05, 0.1) is 12.2 Å². The molecule has 1 fully saturated rings. The van der Waals surface area contributed by atoms with Crippen molar-refractivity contribution < 1.29 is 0 Å². The molecular weight excluding hydrogens is 350 g/mol. The lowest BCUT2D eigenvalue weighted by Gasteiger charge is -2.12. The average molecular weight is 370 g/mol. The molecule has 4 rings (SSSR count). The summed E-state index contributed by atoms with van der Waals surface area (Å²) in [5.41, 5.74) is 2.13. The first kappa shape index (κ1) is 16.6. The van der Waals surface area contributed by atoms with Crippen molar-refractivity contribution in [2.45, 2.75) is 12.8 Å². The lowest BCUT2D eigenvalue weighted by Crippen LogP contribution is -2.15. The van der Waals surface area contributed by atoms with Crippen molar-refractivity contribution in [3.63, 3.8) is 0 Å². The highest BCUT2D eigenvalue weighted by atomic mass is 35.5. The number of nitrogens with zero attached hydrogens (tertiary/aromatic N) is 3. The molecule has 2 bridgehead atoms. The van der Waals surface area contributed by atoms with Crippen molar-refractivity contribution in [2.75, 3.05) is 6.54 Å². The van der Waals surface area contributed by atoms with E-state index in [9.17, 15) is 0 Å². The van der Waals surface area contributed by atoms with Gasteiger partial charge in [-0.1, -0.05) is 42.0 Å². The second-order valence-electron chi connectivity index (χ2n) is 6.56. The van der Waals surface area contributed by atoms with Gasteiger partial charge in [-0.25, -0.2) is 4.68 Å². The fraction of sp³-hybridized carbons (Fsp3) is 0.300. The molecule has 3 nitrogen and oxygen atoms in total. The molecule has 3 atom stereocenters. The number of hydrogen-bond donors (Lipinski definition) is 0. The van der Waals surface area contributed by atoms with Crippen LogP contribution in [0.3, 0.4) is 0 Å². The maximum Gasteiger partial charge on any atom is 0.206 e. The summed E-state index contributed by atoms with van der Waals surface area (Å²) >= 11 is 7.63. The predicted octanol–water partition coefficient (Wildman–Crippen LogP) is 5.00. The van der Waals surface area contributed by atoms with E-state index in [1.165, 1.54) is 12.8 Å². The Balaban J connectivity index is 1.70. The minimum Gasteiger partial charge on any atom is -0.253 e. The van der Waals surface area contributed by atoms with E-state index in [1.54, 1.807) is 17.4 Å². The van der Waals surface area contributed by atoms with Gasteiger partial charge in [-0.15, -0.1) is 17.9 Å². The molecule has 0 amide bonds. The van der Waals surface area contributed by atoms with Crippen LogP contribution in [0.5, 0.6) is 0 Å². The fourth-order valence-corrected chi connectivity index (χ4v) is 4.60. The van der Waals surface area contributed by atoms with Gasteiger partial charge in [0.2, 0.25) is 4.80 Å². The van der Waals surface area contributed by atoms with Gasteiger partial charge in [0, 0.05) is 28.1 Å². The number of aromatic nitrogens is 1. The molecule has 1 aromatic heterocycles. The molecule has 1 aromatic carbocycles. The molecule has 0 saturated heterocycles. The third-order valence-electron chi connectivity index (χ3n) is 4.88. The van der Waals surface area contributed by atoms with Crippen molar-refractivity contribution in [2.24, 2.45) is 27.8 Å². The minimum absolute atomic E-state index is 0.535. The molecule has 2 aromatic rings. The van der Waals surface area contributed by atoms with E-state index in [0.29, 0.717) is 18.4 Å². The van der Waals surface area contributed by atoms with Gasteiger partial charge in [-0.05, 0) is 36.8 Å². The summed E-state index contributed by atoms with van der Waals surface area (Å²) in [5, 5.41) is 7.66. The molecular formula is C20H20ClN3S. The topological polar surface area (TPSA) is 29.6 Å². The molecule has 1 heterocycles. The van der Waals surface area contributed by atoms with Gasteiger partial charge >= 0.3 is 0 Å². The summed E-state index contributed by atoms with van der Waals surface area (Å²) in [7, 11) is 0. The second-order valence-corrected chi connectivity index (χ2v) is 7.83. The quantitative estimate of drug-likeness (QED) is 0.524. The van der Waals surface area contributed by atoms with Gasteiger partial charge in [-0.2, -0.15) is 5.10 Å². The lowest BCUT2D eigenvalue weighted by molar-refractivity contribution is 0.590. The number of thiazole rings is 1. The molecule has 0 radical (unpaired) electrons. The van der Waals surface area contributed by atoms with Crippen LogP contribution in [0.25, 0.3) is 11.3 Å². The SMILES string of the molecule is C=CCN=c1scc(-c2ccc(Cl)cc2)n1N=CC1CC2C=CC1C2. The second kappa shape index (κ2) is 7.14.